The average Bonchev–Trinajstić information content (AvgIpc) is 3.29. The van der Waals surface area contributed by atoms with Crippen molar-refractivity contribution in [2.75, 3.05) is 54.0 Å². The molecular formula is C23H36N4O3. The molecule has 166 valence electrons. The fourth-order valence-electron chi connectivity index (χ4n) is 4.02. The molecule has 1 atom stereocenters. The van der Waals surface area contributed by atoms with Gasteiger partial charge in [0.15, 0.2) is 5.96 Å². The first-order valence-corrected chi connectivity index (χ1v) is 11.1. The lowest BCUT2D eigenvalue weighted by Crippen LogP contribution is -2.47. The zero-order valence-corrected chi connectivity index (χ0v) is 18.6. The largest absolute Gasteiger partial charge is 0.376 e. The smallest absolute Gasteiger partial charge is 0.253 e. The van der Waals surface area contributed by atoms with E-state index in [9.17, 15) is 4.79 Å². The van der Waals surface area contributed by atoms with Crippen LogP contribution in [-0.4, -0.2) is 87.9 Å². The molecule has 0 spiro atoms. The fourth-order valence-corrected chi connectivity index (χ4v) is 4.02. The molecule has 7 heteroatoms. The summed E-state index contributed by atoms with van der Waals surface area (Å²) in [6, 6.07) is 7.85. The number of rotatable bonds is 7. The number of benzene rings is 1. The maximum Gasteiger partial charge on any atom is 0.253 e. The van der Waals surface area contributed by atoms with Gasteiger partial charge in [-0.15, -0.1) is 0 Å². The van der Waals surface area contributed by atoms with Crippen LogP contribution in [-0.2, 0) is 15.9 Å². The molecule has 0 saturated carbocycles. The molecular weight excluding hydrogens is 380 g/mol. The normalized spacial score (nSPS) is 20.4. The van der Waals surface area contributed by atoms with Crippen molar-refractivity contribution < 1.29 is 14.3 Å². The van der Waals surface area contributed by atoms with Gasteiger partial charge in [0, 0.05) is 52.9 Å². The topological polar surface area (TPSA) is 66.4 Å². The van der Waals surface area contributed by atoms with E-state index in [2.05, 4.69) is 21.3 Å². The van der Waals surface area contributed by atoms with E-state index < -0.39 is 0 Å². The quantitative estimate of drug-likeness (QED) is 0.545. The third kappa shape index (κ3) is 6.44. The Morgan fingerprint density at radius 3 is 2.77 bits per heavy atom. The summed E-state index contributed by atoms with van der Waals surface area (Å²) in [5, 5.41) is 3.47. The molecule has 1 amide bonds. The van der Waals surface area contributed by atoms with Gasteiger partial charge < -0.3 is 24.6 Å². The molecule has 2 aliphatic heterocycles. The Morgan fingerprint density at radius 1 is 1.30 bits per heavy atom. The summed E-state index contributed by atoms with van der Waals surface area (Å²) in [4.78, 5) is 20.5. The molecule has 7 nitrogen and oxygen atoms in total. The minimum absolute atomic E-state index is 0.0326. The predicted octanol–water partition coefficient (Wildman–Crippen LogP) is 2.17. The molecule has 3 rings (SSSR count). The van der Waals surface area contributed by atoms with E-state index in [1.165, 1.54) is 0 Å². The lowest BCUT2D eigenvalue weighted by atomic mass is 10.1. The molecule has 2 heterocycles. The number of nitrogens with zero attached hydrogens (tertiary/aromatic N) is 3. The number of aliphatic imine (C=N–C) groups is 1. The lowest BCUT2D eigenvalue weighted by Gasteiger charge is -2.34. The van der Waals surface area contributed by atoms with E-state index in [1.54, 1.807) is 19.0 Å². The van der Waals surface area contributed by atoms with Crippen molar-refractivity contribution in [2.24, 2.45) is 4.99 Å². The van der Waals surface area contributed by atoms with E-state index in [0.29, 0.717) is 12.2 Å². The van der Waals surface area contributed by atoms with Gasteiger partial charge in [0.25, 0.3) is 5.91 Å². The van der Waals surface area contributed by atoms with Crippen LogP contribution in [0.4, 0.5) is 0 Å². The highest BCUT2D eigenvalue weighted by Gasteiger charge is 2.24. The third-order valence-electron chi connectivity index (χ3n) is 5.77. The number of nitrogens with one attached hydrogen (secondary N) is 1. The number of amides is 1. The van der Waals surface area contributed by atoms with E-state index in [1.807, 2.05) is 25.2 Å². The summed E-state index contributed by atoms with van der Waals surface area (Å²) in [6.07, 6.45) is 5.77. The second-order valence-electron chi connectivity index (χ2n) is 8.28. The van der Waals surface area contributed by atoms with Crippen LogP contribution < -0.4 is 5.32 Å². The molecule has 0 aliphatic carbocycles. The molecule has 1 unspecified atom stereocenters. The Bertz CT molecular complexity index is 708. The second kappa shape index (κ2) is 11.3. The fraction of sp³-hybridized carbons (Fsp3) is 0.652. The summed E-state index contributed by atoms with van der Waals surface area (Å²) >= 11 is 0. The molecule has 2 fully saturated rings. The maximum atomic E-state index is 12.1. The standard InChI is InChI=1S/C23H36N4O3/c1-24-23(25-12-9-18-6-4-7-19(16-18)22(28)26(2)3)27-13-10-20(11-14-27)30-17-21-8-5-15-29-21/h4,6-7,16,20-21H,5,8-15,17H2,1-3H3,(H,24,25). The molecule has 0 aromatic heterocycles. The van der Waals surface area contributed by atoms with Gasteiger partial charge in [-0.05, 0) is 49.8 Å². The van der Waals surface area contributed by atoms with Crippen LogP contribution in [0.15, 0.2) is 29.3 Å². The number of likely N-dealkylation sites (tertiary alicyclic amines) is 1. The lowest BCUT2D eigenvalue weighted by molar-refractivity contribution is -0.0367. The number of ether oxygens (including phenoxy) is 2. The number of guanidine groups is 1. The monoisotopic (exact) mass is 416 g/mol. The molecule has 1 aromatic carbocycles. The van der Waals surface area contributed by atoms with Crippen LogP contribution in [0.3, 0.4) is 0 Å². The van der Waals surface area contributed by atoms with Crippen LogP contribution in [0.2, 0.25) is 0 Å². The molecule has 2 saturated heterocycles. The van der Waals surface area contributed by atoms with E-state index in [4.69, 9.17) is 9.47 Å². The first kappa shape index (κ1) is 22.6. The SMILES string of the molecule is CN=C(NCCc1cccc(C(=O)N(C)C)c1)N1CCC(OCC2CCCO2)CC1. The summed E-state index contributed by atoms with van der Waals surface area (Å²) in [7, 11) is 5.38. The zero-order chi connectivity index (χ0) is 21.3. The maximum absolute atomic E-state index is 12.1. The number of carbonyl (C=O) groups excluding carboxylic acids is 1. The number of hydrogen-bond acceptors (Lipinski definition) is 4. The molecule has 0 bridgehead atoms. The highest BCUT2D eigenvalue weighted by molar-refractivity contribution is 5.94. The molecule has 2 aliphatic rings. The van der Waals surface area contributed by atoms with Crippen LogP contribution >= 0.6 is 0 Å². The van der Waals surface area contributed by atoms with Gasteiger partial charge in [-0.3, -0.25) is 9.79 Å². The van der Waals surface area contributed by atoms with E-state index >= 15 is 0 Å². The van der Waals surface area contributed by atoms with Crippen LogP contribution in [0.25, 0.3) is 0 Å². The molecule has 1 N–H and O–H groups in total. The molecule has 0 radical (unpaired) electrons. The Kier molecular flexibility index (Phi) is 8.51. The zero-order valence-electron chi connectivity index (χ0n) is 18.6. The highest BCUT2D eigenvalue weighted by atomic mass is 16.5. The van der Waals surface area contributed by atoms with Gasteiger partial charge in [-0.2, -0.15) is 0 Å². The summed E-state index contributed by atoms with van der Waals surface area (Å²) in [6.45, 7) is 4.28. The first-order valence-electron chi connectivity index (χ1n) is 11.1. The summed E-state index contributed by atoms with van der Waals surface area (Å²) in [5.74, 6) is 0.971. The minimum atomic E-state index is 0.0326. The highest BCUT2D eigenvalue weighted by Crippen LogP contribution is 2.18. The summed E-state index contributed by atoms with van der Waals surface area (Å²) in [5.41, 5.74) is 1.87. The van der Waals surface area contributed by atoms with Crippen LogP contribution in [0.1, 0.15) is 41.6 Å². The van der Waals surface area contributed by atoms with Crippen molar-refractivity contribution in [3.8, 4) is 0 Å². The number of piperidine rings is 1. The van der Waals surface area contributed by atoms with Crippen molar-refractivity contribution in [1.29, 1.82) is 0 Å². The van der Waals surface area contributed by atoms with Gasteiger partial charge in [-0.25, -0.2) is 0 Å². The van der Waals surface area contributed by atoms with Crippen molar-refractivity contribution in [2.45, 2.75) is 44.3 Å². The third-order valence-corrected chi connectivity index (χ3v) is 5.77. The van der Waals surface area contributed by atoms with Gasteiger partial charge in [0.2, 0.25) is 0 Å². The van der Waals surface area contributed by atoms with Crippen molar-refractivity contribution >= 4 is 11.9 Å². The minimum Gasteiger partial charge on any atom is -0.376 e. The Labute approximate surface area is 180 Å². The first-order chi connectivity index (χ1) is 14.6. The van der Waals surface area contributed by atoms with Crippen LogP contribution in [0.5, 0.6) is 0 Å². The second-order valence-corrected chi connectivity index (χ2v) is 8.28. The van der Waals surface area contributed by atoms with Crippen molar-refractivity contribution in [3.63, 3.8) is 0 Å². The number of carbonyl (C=O) groups is 1. The average molecular weight is 417 g/mol. The Balaban J connectivity index is 1.40. The Hall–Kier alpha value is -2.12. The van der Waals surface area contributed by atoms with Crippen LogP contribution in [0, 0.1) is 0 Å². The predicted molar refractivity (Wildman–Crippen MR) is 119 cm³/mol. The van der Waals surface area contributed by atoms with Crippen molar-refractivity contribution in [1.82, 2.24) is 15.1 Å². The van der Waals surface area contributed by atoms with E-state index in [0.717, 1.165) is 82.0 Å². The Morgan fingerprint density at radius 2 is 2.10 bits per heavy atom. The van der Waals surface area contributed by atoms with Gasteiger partial charge >= 0.3 is 0 Å². The molecule has 30 heavy (non-hydrogen) atoms. The number of hydrogen-bond donors (Lipinski definition) is 1. The van der Waals surface area contributed by atoms with Gasteiger partial charge in [0.1, 0.15) is 0 Å². The molecule has 1 aromatic rings. The van der Waals surface area contributed by atoms with Gasteiger partial charge in [-0.1, -0.05) is 12.1 Å². The summed E-state index contributed by atoms with van der Waals surface area (Å²) < 4.78 is 11.7. The van der Waals surface area contributed by atoms with E-state index in [-0.39, 0.29) is 5.91 Å². The van der Waals surface area contributed by atoms with Gasteiger partial charge in [0.05, 0.1) is 18.8 Å². The van der Waals surface area contributed by atoms with Crippen molar-refractivity contribution in [3.05, 3.63) is 35.4 Å².